The fourth-order valence-electron chi connectivity index (χ4n) is 1.18. The Morgan fingerprint density at radius 1 is 1.33 bits per heavy atom. The summed E-state index contributed by atoms with van der Waals surface area (Å²) in [6.45, 7) is 0.694. The van der Waals surface area contributed by atoms with Crippen molar-refractivity contribution in [2.75, 3.05) is 19.5 Å². The highest BCUT2D eigenvalue weighted by Gasteiger charge is 2.07. The quantitative estimate of drug-likeness (QED) is 0.638. The summed E-state index contributed by atoms with van der Waals surface area (Å²) < 4.78 is 11.8. The zero-order valence-corrected chi connectivity index (χ0v) is 11.2. The Kier molecular flexibility index (Phi) is 5.95. The second kappa shape index (κ2) is 7.01. The van der Waals surface area contributed by atoms with Crippen LogP contribution in [-0.4, -0.2) is 19.5 Å². The monoisotopic (exact) mass is 290 g/mol. The molecule has 0 amide bonds. The molecule has 0 aliphatic rings. The topological polar surface area (TPSA) is 18.5 Å². The minimum Gasteiger partial charge on any atom is -0.493 e. The van der Waals surface area contributed by atoms with Crippen LogP contribution < -0.4 is 9.47 Å². The van der Waals surface area contributed by atoms with Gasteiger partial charge in [-0.15, -0.1) is 0 Å². The largest absolute Gasteiger partial charge is 0.493 e. The molecule has 0 aliphatic carbocycles. The molecule has 0 N–H and O–H groups in total. The molecule has 0 aliphatic heterocycles. The van der Waals surface area contributed by atoms with Gasteiger partial charge in [0.05, 0.1) is 18.2 Å². The summed E-state index contributed by atoms with van der Waals surface area (Å²) in [5.41, 5.74) is 0. The maximum Gasteiger partial charge on any atom is 0.175 e. The Hall–Kier alpha value is -0.350. The summed E-state index contributed by atoms with van der Waals surface area (Å²) in [7, 11) is 1.64. The van der Waals surface area contributed by atoms with Crippen LogP contribution >= 0.6 is 28.6 Å². The Morgan fingerprint density at radius 2 is 2.13 bits per heavy atom. The first-order valence-electron chi connectivity index (χ1n) is 4.85. The molecule has 4 heteroatoms. The van der Waals surface area contributed by atoms with Gasteiger partial charge in [0.15, 0.2) is 11.5 Å². The summed E-state index contributed by atoms with van der Waals surface area (Å²) in [5, 5.41) is 0. The van der Waals surface area contributed by atoms with E-state index in [9.17, 15) is 0 Å². The molecular weight excluding hydrogens is 276 g/mol. The van der Waals surface area contributed by atoms with Crippen molar-refractivity contribution in [3.8, 4) is 11.5 Å². The average Bonchev–Trinajstić information content (AvgIpc) is 2.26. The third-order valence-electron chi connectivity index (χ3n) is 1.95. The molecule has 0 radical (unpaired) electrons. The van der Waals surface area contributed by atoms with E-state index in [1.807, 2.05) is 18.2 Å². The zero-order chi connectivity index (χ0) is 11.1. The molecule has 0 unspecified atom stereocenters. The summed E-state index contributed by atoms with van der Waals surface area (Å²) in [5.74, 6) is 2.44. The van der Waals surface area contributed by atoms with Crippen molar-refractivity contribution < 1.29 is 9.47 Å². The van der Waals surface area contributed by atoms with Gasteiger partial charge in [-0.25, -0.2) is 0 Å². The van der Waals surface area contributed by atoms with Crippen LogP contribution in [0, 0.1) is 0 Å². The highest BCUT2D eigenvalue weighted by atomic mass is 79.9. The van der Waals surface area contributed by atoms with E-state index >= 15 is 0 Å². The van der Waals surface area contributed by atoms with E-state index < -0.39 is 0 Å². The Bertz CT molecular complexity index is 305. The van der Waals surface area contributed by atoms with Gasteiger partial charge >= 0.3 is 0 Å². The Labute approximate surface area is 105 Å². The van der Waals surface area contributed by atoms with Crippen molar-refractivity contribution in [1.82, 2.24) is 0 Å². The lowest BCUT2D eigenvalue weighted by Crippen LogP contribution is -2.00. The van der Waals surface area contributed by atoms with Crippen LogP contribution in [0.25, 0.3) is 0 Å². The number of methoxy groups -OCH3 is 1. The molecule has 0 atom stereocenters. The fraction of sp³-hybridized carbons (Fsp3) is 0.455. The van der Waals surface area contributed by atoms with E-state index in [0.717, 1.165) is 34.6 Å². The van der Waals surface area contributed by atoms with Crippen molar-refractivity contribution >= 4 is 28.6 Å². The molecule has 0 fully saturated rings. The minimum absolute atomic E-state index is 0.694. The molecule has 0 aromatic heterocycles. The van der Waals surface area contributed by atoms with Gasteiger partial charge in [0, 0.05) is 0 Å². The number of benzene rings is 1. The highest BCUT2D eigenvalue weighted by Crippen LogP contribution is 2.34. The minimum atomic E-state index is 0.694. The van der Waals surface area contributed by atoms with E-state index in [1.165, 1.54) is 0 Å². The molecule has 84 valence electrons. The van der Waals surface area contributed by atoms with Crippen LogP contribution in [0.1, 0.15) is 12.8 Å². The lowest BCUT2D eigenvalue weighted by Gasteiger charge is -2.11. The van der Waals surface area contributed by atoms with Crippen LogP contribution in [0.4, 0.5) is 0 Å². The second-order valence-electron chi connectivity index (χ2n) is 3.05. The standard InChI is InChI=1S/C11H15BrO2S/c1-13-10-6-4-5-9(12)11(10)14-7-2-3-8-15/h4-6,15H,2-3,7-8H2,1H3. The molecule has 0 spiro atoms. The second-order valence-corrected chi connectivity index (χ2v) is 4.35. The molecule has 0 saturated carbocycles. The van der Waals surface area contributed by atoms with Gasteiger partial charge in [0.25, 0.3) is 0 Å². The van der Waals surface area contributed by atoms with E-state index in [4.69, 9.17) is 9.47 Å². The maximum absolute atomic E-state index is 5.66. The van der Waals surface area contributed by atoms with E-state index in [0.29, 0.717) is 6.61 Å². The Morgan fingerprint density at radius 3 is 2.80 bits per heavy atom. The number of para-hydroxylation sites is 1. The molecular formula is C11H15BrO2S. The molecule has 2 nitrogen and oxygen atoms in total. The normalized spacial score (nSPS) is 10.1. The van der Waals surface area contributed by atoms with Gasteiger partial charge < -0.3 is 9.47 Å². The molecule has 15 heavy (non-hydrogen) atoms. The number of thiol groups is 1. The summed E-state index contributed by atoms with van der Waals surface area (Å²) >= 11 is 7.59. The van der Waals surface area contributed by atoms with Gasteiger partial charge in [-0.1, -0.05) is 6.07 Å². The highest BCUT2D eigenvalue weighted by molar-refractivity contribution is 9.10. The first-order valence-corrected chi connectivity index (χ1v) is 6.28. The van der Waals surface area contributed by atoms with E-state index in [-0.39, 0.29) is 0 Å². The maximum atomic E-state index is 5.66. The number of rotatable bonds is 6. The van der Waals surface area contributed by atoms with Crippen molar-refractivity contribution in [2.45, 2.75) is 12.8 Å². The predicted octanol–water partition coefficient (Wildman–Crippen LogP) is 3.55. The SMILES string of the molecule is COc1cccc(Br)c1OCCCCS. The summed E-state index contributed by atoms with van der Waals surface area (Å²) in [6.07, 6.45) is 2.07. The Balaban J connectivity index is 2.58. The molecule has 0 bridgehead atoms. The van der Waals surface area contributed by atoms with Crippen molar-refractivity contribution in [2.24, 2.45) is 0 Å². The third-order valence-corrected chi connectivity index (χ3v) is 2.89. The van der Waals surface area contributed by atoms with Gasteiger partial charge in [-0.3, -0.25) is 0 Å². The van der Waals surface area contributed by atoms with Crippen molar-refractivity contribution in [3.63, 3.8) is 0 Å². The lowest BCUT2D eigenvalue weighted by atomic mass is 10.3. The van der Waals surface area contributed by atoms with E-state index in [1.54, 1.807) is 7.11 Å². The number of ether oxygens (including phenoxy) is 2. The third kappa shape index (κ3) is 3.95. The van der Waals surface area contributed by atoms with Gasteiger partial charge in [-0.2, -0.15) is 12.6 Å². The molecule has 0 saturated heterocycles. The predicted molar refractivity (Wildman–Crippen MR) is 69.3 cm³/mol. The van der Waals surface area contributed by atoms with Crippen LogP contribution in [0.2, 0.25) is 0 Å². The van der Waals surface area contributed by atoms with Gasteiger partial charge in [0.2, 0.25) is 0 Å². The number of halogens is 1. The number of unbranched alkanes of at least 4 members (excludes halogenated alkanes) is 1. The van der Waals surface area contributed by atoms with E-state index in [2.05, 4.69) is 28.6 Å². The lowest BCUT2D eigenvalue weighted by molar-refractivity contribution is 0.287. The van der Waals surface area contributed by atoms with Crippen LogP contribution in [0.3, 0.4) is 0 Å². The first kappa shape index (κ1) is 12.7. The molecule has 1 rings (SSSR count). The van der Waals surface area contributed by atoms with Crippen LogP contribution in [0.5, 0.6) is 11.5 Å². The summed E-state index contributed by atoms with van der Waals surface area (Å²) in [4.78, 5) is 0. The molecule has 1 aromatic carbocycles. The smallest absolute Gasteiger partial charge is 0.175 e. The molecule has 1 aromatic rings. The number of hydrogen-bond donors (Lipinski definition) is 1. The van der Waals surface area contributed by atoms with Gasteiger partial charge in [-0.05, 0) is 46.7 Å². The molecule has 0 heterocycles. The van der Waals surface area contributed by atoms with Crippen molar-refractivity contribution in [3.05, 3.63) is 22.7 Å². The van der Waals surface area contributed by atoms with Crippen LogP contribution in [-0.2, 0) is 0 Å². The zero-order valence-electron chi connectivity index (χ0n) is 8.70. The first-order chi connectivity index (χ1) is 7.29. The average molecular weight is 291 g/mol. The fourth-order valence-corrected chi connectivity index (χ4v) is 1.86. The number of hydrogen-bond acceptors (Lipinski definition) is 3. The van der Waals surface area contributed by atoms with Crippen LogP contribution in [0.15, 0.2) is 22.7 Å². The van der Waals surface area contributed by atoms with Gasteiger partial charge in [0.1, 0.15) is 0 Å². The summed E-state index contributed by atoms with van der Waals surface area (Å²) in [6, 6.07) is 5.75. The van der Waals surface area contributed by atoms with Crippen molar-refractivity contribution in [1.29, 1.82) is 0 Å².